The van der Waals surface area contributed by atoms with E-state index in [1.165, 1.54) is 0 Å². The minimum Gasteiger partial charge on any atom is -0.497 e. The number of aliphatic imine (C=N–C) groups is 1. The fraction of sp³-hybridized carbons (Fsp3) is 0.500. The molecule has 2 heterocycles. The van der Waals surface area contributed by atoms with Gasteiger partial charge in [0.05, 0.1) is 33.1 Å². The third-order valence-electron chi connectivity index (χ3n) is 5.06. The molecule has 0 bridgehead atoms. The van der Waals surface area contributed by atoms with Gasteiger partial charge >= 0.3 is 0 Å². The number of rotatable bonds is 9. The van der Waals surface area contributed by atoms with Gasteiger partial charge in [0.1, 0.15) is 11.5 Å². The molecule has 0 spiro atoms. The largest absolute Gasteiger partial charge is 0.497 e. The van der Waals surface area contributed by atoms with E-state index in [0.717, 1.165) is 68.8 Å². The van der Waals surface area contributed by atoms with E-state index in [4.69, 9.17) is 18.9 Å². The van der Waals surface area contributed by atoms with Crippen LogP contribution in [0.1, 0.15) is 18.2 Å². The van der Waals surface area contributed by atoms with Gasteiger partial charge in [-0.25, -0.2) is 4.99 Å². The molecule has 0 radical (unpaired) electrons. The topological polar surface area (TPSA) is 71.3 Å². The van der Waals surface area contributed by atoms with Gasteiger partial charge in [-0.1, -0.05) is 12.1 Å². The molecule has 1 aliphatic rings. The molecule has 0 amide bonds. The molecular weight excluding hydrogens is 495 g/mol. The van der Waals surface area contributed by atoms with Gasteiger partial charge in [0.15, 0.2) is 5.96 Å². The minimum atomic E-state index is 0. The van der Waals surface area contributed by atoms with Gasteiger partial charge < -0.3 is 24.5 Å². The predicted octanol–water partition coefficient (Wildman–Crippen LogP) is 2.90. The summed E-state index contributed by atoms with van der Waals surface area (Å²) < 4.78 is 16.1. The van der Waals surface area contributed by atoms with E-state index in [9.17, 15) is 0 Å². The highest BCUT2D eigenvalue weighted by molar-refractivity contribution is 14.0. The van der Waals surface area contributed by atoms with Crippen molar-refractivity contribution < 1.29 is 13.9 Å². The maximum Gasteiger partial charge on any atom is 0.191 e. The van der Waals surface area contributed by atoms with Crippen molar-refractivity contribution in [3.63, 3.8) is 0 Å². The highest BCUT2D eigenvalue weighted by Gasteiger charge is 2.17. The van der Waals surface area contributed by atoms with Crippen LogP contribution in [0.25, 0.3) is 0 Å². The lowest BCUT2D eigenvalue weighted by Crippen LogP contribution is -2.49. The highest BCUT2D eigenvalue weighted by atomic mass is 127. The fourth-order valence-electron chi connectivity index (χ4n) is 3.23. The Labute approximate surface area is 196 Å². The third-order valence-corrected chi connectivity index (χ3v) is 5.06. The number of furan rings is 1. The van der Waals surface area contributed by atoms with Crippen molar-refractivity contribution >= 4 is 29.9 Å². The molecule has 1 unspecified atom stereocenters. The van der Waals surface area contributed by atoms with Crippen LogP contribution in [0, 0.1) is 0 Å². The average molecular weight is 528 g/mol. The molecule has 30 heavy (non-hydrogen) atoms. The van der Waals surface area contributed by atoms with Crippen molar-refractivity contribution in [2.75, 3.05) is 46.5 Å². The van der Waals surface area contributed by atoms with E-state index < -0.39 is 0 Å². The molecule has 3 rings (SSSR count). The Bertz CT molecular complexity index is 731. The summed E-state index contributed by atoms with van der Waals surface area (Å²) in [6.45, 7) is 8.01. The molecule has 0 saturated carbocycles. The second kappa shape index (κ2) is 13.5. The van der Waals surface area contributed by atoms with Crippen molar-refractivity contribution in [3.05, 3.63) is 54.0 Å². The first-order valence-corrected chi connectivity index (χ1v) is 10.2. The van der Waals surface area contributed by atoms with Crippen LogP contribution >= 0.6 is 24.0 Å². The van der Waals surface area contributed by atoms with E-state index in [-0.39, 0.29) is 24.0 Å². The van der Waals surface area contributed by atoms with Crippen LogP contribution in [0.3, 0.4) is 0 Å². The van der Waals surface area contributed by atoms with Crippen LogP contribution in [-0.2, 0) is 17.7 Å². The number of guanidine groups is 1. The lowest BCUT2D eigenvalue weighted by Gasteiger charge is -2.32. The number of halogens is 1. The maximum absolute atomic E-state index is 5.45. The molecule has 1 aromatic carbocycles. The average Bonchev–Trinajstić information content (AvgIpc) is 3.29. The number of nitrogens with one attached hydrogen (secondary N) is 2. The Hall–Kier alpha value is -1.78. The number of morpholine rings is 1. The SMILES string of the molecule is COc1ccc(CN=C(NCCc2ccco2)NCC(C)N2CCOCC2)cc1.I. The van der Waals surface area contributed by atoms with Crippen LogP contribution < -0.4 is 15.4 Å². The van der Waals surface area contributed by atoms with E-state index in [2.05, 4.69) is 22.5 Å². The molecule has 1 saturated heterocycles. The molecular formula is C22H33IN4O3. The Balaban J connectivity index is 0.00000320. The van der Waals surface area contributed by atoms with Crippen LogP contribution in [0.2, 0.25) is 0 Å². The summed E-state index contributed by atoms with van der Waals surface area (Å²) in [6, 6.07) is 12.3. The molecule has 8 heteroatoms. The van der Waals surface area contributed by atoms with Crippen LogP contribution in [-0.4, -0.2) is 63.4 Å². The summed E-state index contributed by atoms with van der Waals surface area (Å²) >= 11 is 0. The Morgan fingerprint density at radius 1 is 1.17 bits per heavy atom. The molecule has 2 aromatic rings. The maximum atomic E-state index is 5.45. The molecule has 2 N–H and O–H groups in total. The number of methoxy groups -OCH3 is 1. The smallest absolute Gasteiger partial charge is 0.191 e. The summed E-state index contributed by atoms with van der Waals surface area (Å²) in [6.07, 6.45) is 2.52. The third kappa shape index (κ3) is 8.16. The van der Waals surface area contributed by atoms with Crippen molar-refractivity contribution in [1.29, 1.82) is 0 Å². The summed E-state index contributed by atoms with van der Waals surface area (Å²) in [4.78, 5) is 7.21. The van der Waals surface area contributed by atoms with Crippen LogP contribution in [0.5, 0.6) is 5.75 Å². The van der Waals surface area contributed by atoms with Crippen molar-refractivity contribution in [1.82, 2.24) is 15.5 Å². The van der Waals surface area contributed by atoms with E-state index in [1.54, 1.807) is 13.4 Å². The fourth-order valence-corrected chi connectivity index (χ4v) is 3.23. The quantitative estimate of drug-likeness (QED) is 0.297. The Morgan fingerprint density at radius 3 is 2.60 bits per heavy atom. The van der Waals surface area contributed by atoms with E-state index in [1.807, 2.05) is 36.4 Å². The number of hydrogen-bond donors (Lipinski definition) is 2. The molecule has 7 nitrogen and oxygen atoms in total. The van der Waals surface area contributed by atoms with Crippen molar-refractivity contribution in [2.24, 2.45) is 4.99 Å². The summed E-state index contributed by atoms with van der Waals surface area (Å²) in [7, 11) is 1.67. The second-order valence-electron chi connectivity index (χ2n) is 7.15. The summed E-state index contributed by atoms with van der Waals surface area (Å²) in [5.74, 6) is 2.63. The number of hydrogen-bond acceptors (Lipinski definition) is 5. The number of benzene rings is 1. The van der Waals surface area contributed by atoms with Crippen molar-refractivity contribution in [3.8, 4) is 5.75 Å². The van der Waals surface area contributed by atoms with Gasteiger partial charge in [0, 0.05) is 38.6 Å². The van der Waals surface area contributed by atoms with Gasteiger partial charge in [-0.2, -0.15) is 0 Å². The van der Waals surface area contributed by atoms with Gasteiger partial charge in [-0.3, -0.25) is 4.90 Å². The number of nitrogens with zero attached hydrogens (tertiary/aromatic N) is 2. The second-order valence-corrected chi connectivity index (χ2v) is 7.15. The summed E-state index contributed by atoms with van der Waals surface area (Å²) in [5, 5.41) is 6.91. The molecule has 1 atom stereocenters. The lowest BCUT2D eigenvalue weighted by molar-refractivity contribution is 0.0211. The zero-order valence-electron chi connectivity index (χ0n) is 17.8. The van der Waals surface area contributed by atoms with Gasteiger partial charge in [-0.15, -0.1) is 24.0 Å². The van der Waals surface area contributed by atoms with Crippen LogP contribution in [0.4, 0.5) is 0 Å². The first kappa shape index (κ1) is 24.5. The first-order chi connectivity index (χ1) is 14.2. The molecule has 1 aliphatic heterocycles. The Kier molecular flexibility index (Phi) is 11.0. The zero-order valence-corrected chi connectivity index (χ0v) is 20.1. The molecule has 1 aromatic heterocycles. The molecule has 0 aliphatic carbocycles. The van der Waals surface area contributed by atoms with Gasteiger partial charge in [-0.05, 0) is 36.8 Å². The standard InChI is InChI=1S/C22H32N4O3.HI/c1-18(26-11-14-28-15-12-26)16-24-22(23-10-9-21-4-3-13-29-21)25-17-19-5-7-20(27-2)8-6-19;/h3-8,13,18H,9-12,14-17H2,1-2H3,(H2,23,24,25);1H. The summed E-state index contributed by atoms with van der Waals surface area (Å²) in [5.41, 5.74) is 1.14. The molecule has 166 valence electrons. The normalized spacial score (nSPS) is 15.9. The van der Waals surface area contributed by atoms with Crippen molar-refractivity contribution in [2.45, 2.75) is 25.9 Å². The molecule has 1 fully saturated rings. The zero-order chi connectivity index (χ0) is 20.3. The highest BCUT2D eigenvalue weighted by Crippen LogP contribution is 2.12. The Morgan fingerprint density at radius 2 is 1.93 bits per heavy atom. The van der Waals surface area contributed by atoms with Crippen LogP contribution in [0.15, 0.2) is 52.1 Å². The van der Waals surface area contributed by atoms with E-state index in [0.29, 0.717) is 12.6 Å². The van der Waals surface area contributed by atoms with Gasteiger partial charge in [0.25, 0.3) is 0 Å². The number of ether oxygens (including phenoxy) is 2. The minimum absolute atomic E-state index is 0. The lowest BCUT2D eigenvalue weighted by atomic mass is 10.2. The van der Waals surface area contributed by atoms with E-state index >= 15 is 0 Å². The first-order valence-electron chi connectivity index (χ1n) is 10.2. The predicted molar refractivity (Wildman–Crippen MR) is 130 cm³/mol. The monoisotopic (exact) mass is 528 g/mol. The van der Waals surface area contributed by atoms with Gasteiger partial charge in [0.2, 0.25) is 0 Å².